The number of aliphatic hydroxyl groups is 1. The molecular formula is C38H51F2N4O7P. The predicted octanol–water partition coefficient (Wildman–Crippen LogP) is 7.28. The molecule has 3 rings (SSSR count). The third-order valence-electron chi connectivity index (χ3n) is 7.66. The number of alkyl halides is 2. The summed E-state index contributed by atoms with van der Waals surface area (Å²) in [5.74, 6) is -3.90. The van der Waals surface area contributed by atoms with Gasteiger partial charge in [0, 0.05) is 31.4 Å². The van der Waals surface area contributed by atoms with Gasteiger partial charge in [0.25, 0.3) is 0 Å². The highest BCUT2D eigenvalue weighted by atomic mass is 31.2. The Morgan fingerprint density at radius 1 is 0.981 bits per heavy atom. The molecule has 11 nitrogen and oxygen atoms in total. The van der Waals surface area contributed by atoms with Crippen LogP contribution in [0.4, 0.5) is 8.78 Å². The number of amides is 1. The number of carbonyl (C=O) groups excluding carboxylic acids is 1. The van der Waals surface area contributed by atoms with Crippen LogP contribution in [0, 0.1) is 6.92 Å². The van der Waals surface area contributed by atoms with Crippen molar-refractivity contribution in [2.75, 3.05) is 19.7 Å². The maximum atomic E-state index is 15.0. The van der Waals surface area contributed by atoms with Crippen LogP contribution in [-0.2, 0) is 18.6 Å². The van der Waals surface area contributed by atoms with Gasteiger partial charge in [-0.1, -0.05) is 85.9 Å². The number of aromatic nitrogens is 2. The zero-order valence-electron chi connectivity index (χ0n) is 29.8. The highest BCUT2D eigenvalue weighted by Crippen LogP contribution is 2.47. The molecule has 1 aliphatic rings. The molecule has 0 radical (unpaired) electrons. The third-order valence-corrected chi connectivity index (χ3v) is 9.21. The first kappa shape index (κ1) is 42.4. The fourth-order valence-corrected chi connectivity index (χ4v) is 6.25. The molecule has 4 unspecified atom stereocenters. The molecule has 284 valence electrons. The zero-order chi connectivity index (χ0) is 37.7. The number of nitrogens with one attached hydrogen (secondary N) is 2. The molecule has 1 fully saturated rings. The van der Waals surface area contributed by atoms with Crippen molar-refractivity contribution in [3.05, 3.63) is 120 Å². The van der Waals surface area contributed by atoms with Gasteiger partial charge in [0.1, 0.15) is 11.9 Å². The number of unbranched alkanes of at least 4 members (excludes halogenated alkanes) is 1. The van der Waals surface area contributed by atoms with Gasteiger partial charge in [-0.05, 0) is 70.1 Å². The highest BCUT2D eigenvalue weighted by molar-refractivity contribution is 7.52. The second-order valence-electron chi connectivity index (χ2n) is 12.0. The van der Waals surface area contributed by atoms with Crippen LogP contribution in [0.5, 0.6) is 5.75 Å². The Balaban J connectivity index is 1.38. The average Bonchev–Trinajstić information content (AvgIpc) is 3.34. The van der Waals surface area contributed by atoms with Gasteiger partial charge in [-0.25, -0.2) is 14.4 Å². The van der Waals surface area contributed by atoms with E-state index in [0.29, 0.717) is 23.1 Å². The SMILES string of the molecule is CCC=CCC=CCC=CCC=CCC=CCCCC(=O)NCCNP(=O)(OCC1OC(n2ccc(C)nc2=O)C(F)(F)C1O)Oc1ccccc1. The molecule has 0 spiro atoms. The van der Waals surface area contributed by atoms with Gasteiger partial charge in [-0.3, -0.25) is 13.9 Å². The van der Waals surface area contributed by atoms with E-state index >= 15 is 8.78 Å². The van der Waals surface area contributed by atoms with Crippen molar-refractivity contribution < 1.29 is 37.0 Å². The number of halogens is 2. The number of nitrogens with zero attached hydrogens (tertiary/aromatic N) is 2. The summed E-state index contributed by atoms with van der Waals surface area (Å²) in [6, 6.07) is 9.41. The van der Waals surface area contributed by atoms with Gasteiger partial charge in [0.05, 0.1) is 6.61 Å². The summed E-state index contributed by atoms with van der Waals surface area (Å²) >= 11 is 0. The lowest BCUT2D eigenvalue weighted by Gasteiger charge is -2.22. The van der Waals surface area contributed by atoms with E-state index < -0.39 is 44.4 Å². The molecule has 0 aliphatic carbocycles. The Bertz CT molecular complexity index is 1630. The molecule has 1 saturated heterocycles. The molecule has 1 aromatic heterocycles. The molecule has 0 bridgehead atoms. The highest BCUT2D eigenvalue weighted by Gasteiger charge is 2.60. The first-order valence-electron chi connectivity index (χ1n) is 17.6. The summed E-state index contributed by atoms with van der Waals surface area (Å²) in [6.07, 6.45) is 22.6. The van der Waals surface area contributed by atoms with E-state index in [1.165, 1.54) is 25.1 Å². The number of hydrogen-bond donors (Lipinski definition) is 3. The van der Waals surface area contributed by atoms with E-state index in [9.17, 15) is 19.3 Å². The van der Waals surface area contributed by atoms with E-state index in [1.807, 2.05) is 6.08 Å². The second-order valence-corrected chi connectivity index (χ2v) is 13.7. The normalized spacial score (nSPS) is 20.1. The van der Waals surface area contributed by atoms with E-state index in [1.54, 1.807) is 18.2 Å². The van der Waals surface area contributed by atoms with Crippen molar-refractivity contribution in [2.24, 2.45) is 0 Å². The topological polar surface area (TPSA) is 141 Å². The first-order valence-corrected chi connectivity index (χ1v) is 19.1. The van der Waals surface area contributed by atoms with Crippen molar-refractivity contribution in [1.82, 2.24) is 20.0 Å². The molecule has 2 aromatic rings. The lowest BCUT2D eigenvalue weighted by Crippen LogP contribution is -2.42. The molecule has 52 heavy (non-hydrogen) atoms. The summed E-state index contributed by atoms with van der Waals surface area (Å²) in [6.45, 7) is 2.93. The Morgan fingerprint density at radius 3 is 2.21 bits per heavy atom. The molecule has 1 aliphatic heterocycles. The molecule has 1 aromatic carbocycles. The minimum atomic E-state index is -4.23. The maximum absolute atomic E-state index is 15.0. The van der Waals surface area contributed by atoms with Crippen LogP contribution >= 0.6 is 7.75 Å². The van der Waals surface area contributed by atoms with Crippen LogP contribution in [0.1, 0.15) is 70.2 Å². The van der Waals surface area contributed by atoms with E-state index in [-0.39, 0.29) is 24.7 Å². The lowest BCUT2D eigenvalue weighted by atomic mass is 10.1. The average molecular weight is 745 g/mol. The standard InChI is InChI=1S/C38H51F2N4O7P/c1-3-4-5-6-7-8-9-10-11-12-13-14-15-16-17-18-22-25-34(45)41-27-28-42-52(48,51-32-23-20-19-21-24-32)49-30-33-35(46)38(39,40)36(50-33)44-29-26-31(2)43-37(44)47/h4-5,7-8,10-11,13-14,16-17,19-21,23-24,26,29,33,35-36,46H,3,6,9,12,15,18,22,25,27-28,30H2,1-2H3,(H,41,45)(H,42,48). The number of aliphatic hydroxyl groups excluding tert-OH is 1. The number of aryl methyl sites for hydroxylation is 1. The molecule has 0 saturated carbocycles. The summed E-state index contributed by atoms with van der Waals surface area (Å²) in [4.78, 5) is 28.2. The number of hydrogen-bond acceptors (Lipinski definition) is 8. The molecule has 2 heterocycles. The minimum Gasteiger partial charge on any atom is -0.413 e. The summed E-state index contributed by atoms with van der Waals surface area (Å²) in [7, 11) is -4.23. The lowest BCUT2D eigenvalue weighted by molar-refractivity contribution is -0.140. The van der Waals surface area contributed by atoms with Crippen molar-refractivity contribution in [3.63, 3.8) is 0 Å². The maximum Gasteiger partial charge on any atom is 0.458 e. The van der Waals surface area contributed by atoms with Crippen LogP contribution in [0.3, 0.4) is 0 Å². The smallest absolute Gasteiger partial charge is 0.413 e. The first-order chi connectivity index (χ1) is 25.1. The van der Waals surface area contributed by atoms with Crippen LogP contribution in [0.15, 0.2) is 108 Å². The molecule has 14 heteroatoms. The third kappa shape index (κ3) is 14.9. The monoisotopic (exact) mass is 744 g/mol. The van der Waals surface area contributed by atoms with E-state index in [2.05, 4.69) is 77.0 Å². The number of allylic oxidation sites excluding steroid dienone is 10. The zero-order valence-corrected chi connectivity index (χ0v) is 30.7. The number of benzene rings is 1. The van der Waals surface area contributed by atoms with Crippen molar-refractivity contribution in [1.29, 1.82) is 0 Å². The minimum absolute atomic E-state index is 0.0398. The molecule has 1 amide bonds. The van der Waals surface area contributed by atoms with Gasteiger partial charge in [0.2, 0.25) is 12.1 Å². The second kappa shape index (κ2) is 22.8. The summed E-state index contributed by atoms with van der Waals surface area (Å²) in [5.41, 5.74) is -0.653. The molecule has 4 atom stereocenters. The van der Waals surface area contributed by atoms with Crippen molar-refractivity contribution in [3.8, 4) is 5.75 Å². The largest absolute Gasteiger partial charge is 0.458 e. The Hall–Kier alpha value is -4.00. The predicted molar refractivity (Wildman–Crippen MR) is 198 cm³/mol. The van der Waals surface area contributed by atoms with Crippen LogP contribution in [0.25, 0.3) is 0 Å². The van der Waals surface area contributed by atoms with Gasteiger partial charge in [-0.2, -0.15) is 13.8 Å². The van der Waals surface area contributed by atoms with Gasteiger partial charge >= 0.3 is 19.4 Å². The fourth-order valence-electron chi connectivity index (χ4n) is 4.91. The van der Waals surface area contributed by atoms with Crippen molar-refractivity contribution >= 4 is 13.7 Å². The summed E-state index contributed by atoms with van der Waals surface area (Å²) < 4.78 is 60.6. The number of rotatable bonds is 23. The Labute approximate surface area is 304 Å². The number of para-hydroxylation sites is 1. The Kier molecular flexibility index (Phi) is 18.6. The van der Waals surface area contributed by atoms with E-state index in [4.69, 9.17) is 13.8 Å². The number of ether oxygens (including phenoxy) is 1. The van der Waals surface area contributed by atoms with Crippen molar-refractivity contribution in [2.45, 2.75) is 89.6 Å². The van der Waals surface area contributed by atoms with Crippen LogP contribution in [0.2, 0.25) is 0 Å². The summed E-state index contributed by atoms with van der Waals surface area (Å²) in [5, 5.41) is 15.7. The van der Waals surface area contributed by atoms with Crippen LogP contribution < -0.4 is 20.6 Å². The van der Waals surface area contributed by atoms with Gasteiger partial charge in [0.15, 0.2) is 6.10 Å². The van der Waals surface area contributed by atoms with Gasteiger partial charge in [-0.15, -0.1) is 0 Å². The quantitative estimate of drug-likeness (QED) is 0.0609. The Morgan fingerprint density at radius 2 is 1.60 bits per heavy atom. The molecular weight excluding hydrogens is 693 g/mol. The fraction of sp³-hybridized carbons (Fsp3) is 0.447. The van der Waals surface area contributed by atoms with Gasteiger partial charge < -0.3 is 19.7 Å². The van der Waals surface area contributed by atoms with Crippen LogP contribution in [-0.4, -0.2) is 58.4 Å². The number of carbonyl (C=O) groups is 1. The van der Waals surface area contributed by atoms with E-state index in [0.717, 1.165) is 44.7 Å². The molecule has 3 N–H and O–H groups in total.